The second-order valence-corrected chi connectivity index (χ2v) is 5.09. The maximum atomic E-state index is 10.5. The summed E-state index contributed by atoms with van der Waals surface area (Å²) >= 11 is 1.41. The highest BCUT2D eigenvalue weighted by atomic mass is 32.1. The minimum Gasteiger partial charge on any atom is -0.491 e. The second-order valence-electron chi connectivity index (χ2n) is 4.06. The average Bonchev–Trinajstić information content (AvgIpc) is 2.67. The number of carboxylic acids is 1. The van der Waals surface area contributed by atoms with Crippen molar-refractivity contribution >= 4 is 32.7 Å². The van der Waals surface area contributed by atoms with Crippen molar-refractivity contribution in [2.75, 3.05) is 11.9 Å². The Hall–Kier alpha value is -1.82. The lowest BCUT2D eigenvalue weighted by Gasteiger charge is -2.08. The van der Waals surface area contributed by atoms with E-state index in [2.05, 4.69) is 10.3 Å². The van der Waals surface area contributed by atoms with Gasteiger partial charge >= 0.3 is 5.97 Å². The summed E-state index contributed by atoms with van der Waals surface area (Å²) in [5, 5.41) is 12.0. The number of ether oxygens (including phenoxy) is 1. The number of thiazole rings is 1. The van der Waals surface area contributed by atoms with Crippen LogP contribution in [0.5, 0.6) is 5.75 Å². The van der Waals surface area contributed by atoms with E-state index in [-0.39, 0.29) is 12.6 Å². The first kappa shape index (κ1) is 12.6. The molecule has 0 aliphatic carbocycles. The molecular formula is C12H14N2O3S. The Morgan fingerprint density at radius 3 is 3.00 bits per heavy atom. The summed E-state index contributed by atoms with van der Waals surface area (Å²) in [7, 11) is 0. The molecule has 0 fully saturated rings. The number of anilines is 1. The Bertz CT molecular complexity index is 565. The van der Waals surface area contributed by atoms with E-state index in [1.54, 1.807) is 0 Å². The van der Waals surface area contributed by atoms with E-state index in [4.69, 9.17) is 9.84 Å². The zero-order chi connectivity index (χ0) is 13.1. The van der Waals surface area contributed by atoms with Gasteiger partial charge in [0.15, 0.2) is 5.13 Å². The molecule has 96 valence electrons. The first-order chi connectivity index (χ1) is 8.54. The summed E-state index contributed by atoms with van der Waals surface area (Å²) in [6.07, 6.45) is 0.125. The predicted molar refractivity (Wildman–Crippen MR) is 71.5 cm³/mol. The molecule has 6 heteroatoms. The number of fused-ring (bicyclic) bond motifs is 1. The third kappa shape index (κ3) is 3.10. The van der Waals surface area contributed by atoms with E-state index in [9.17, 15) is 4.79 Å². The molecule has 0 unspecified atom stereocenters. The fourth-order valence-electron chi connectivity index (χ4n) is 1.48. The highest BCUT2D eigenvalue weighted by molar-refractivity contribution is 7.22. The number of nitrogens with one attached hydrogen (secondary N) is 1. The van der Waals surface area contributed by atoms with Crippen LogP contribution in [0.15, 0.2) is 18.2 Å². The van der Waals surface area contributed by atoms with Crippen LogP contribution in [0, 0.1) is 0 Å². The lowest BCUT2D eigenvalue weighted by Crippen LogP contribution is -2.11. The van der Waals surface area contributed by atoms with Crippen molar-refractivity contribution in [1.82, 2.24) is 4.98 Å². The highest BCUT2D eigenvalue weighted by Crippen LogP contribution is 2.29. The molecule has 18 heavy (non-hydrogen) atoms. The van der Waals surface area contributed by atoms with Crippen LogP contribution >= 0.6 is 11.3 Å². The van der Waals surface area contributed by atoms with Crippen LogP contribution in [0.3, 0.4) is 0 Å². The van der Waals surface area contributed by atoms with Crippen LogP contribution in [-0.2, 0) is 4.79 Å². The van der Waals surface area contributed by atoms with Crippen LogP contribution in [-0.4, -0.2) is 28.7 Å². The molecule has 0 atom stereocenters. The standard InChI is InChI=1S/C12H14N2O3S/c1-7(2)17-8-3-4-9-10(5-8)18-12(14-9)13-6-11(15)16/h3-5,7H,6H2,1-2H3,(H,13,14)(H,15,16). The molecule has 0 saturated carbocycles. The third-order valence-electron chi connectivity index (χ3n) is 2.12. The van der Waals surface area contributed by atoms with E-state index in [0.29, 0.717) is 5.13 Å². The van der Waals surface area contributed by atoms with Crippen LogP contribution < -0.4 is 10.1 Å². The fraction of sp³-hybridized carbons (Fsp3) is 0.333. The number of benzene rings is 1. The molecule has 2 aromatic rings. The number of hydrogen-bond acceptors (Lipinski definition) is 5. The Balaban J connectivity index is 2.19. The predicted octanol–water partition coefficient (Wildman–Crippen LogP) is 2.58. The smallest absolute Gasteiger partial charge is 0.322 e. The number of aromatic nitrogens is 1. The number of hydrogen-bond donors (Lipinski definition) is 2. The van der Waals surface area contributed by atoms with Crippen molar-refractivity contribution in [2.45, 2.75) is 20.0 Å². The summed E-state index contributed by atoms with van der Waals surface area (Å²) in [5.74, 6) is -0.107. The van der Waals surface area contributed by atoms with Crippen molar-refractivity contribution in [2.24, 2.45) is 0 Å². The molecule has 0 amide bonds. The average molecular weight is 266 g/mol. The molecule has 5 nitrogen and oxygen atoms in total. The fourth-order valence-corrected chi connectivity index (χ4v) is 2.37. The lowest BCUT2D eigenvalue weighted by molar-refractivity contribution is -0.134. The second kappa shape index (κ2) is 5.22. The van der Waals surface area contributed by atoms with Crippen molar-refractivity contribution in [3.8, 4) is 5.75 Å². The van der Waals surface area contributed by atoms with Crippen LogP contribution in [0.25, 0.3) is 10.2 Å². The van der Waals surface area contributed by atoms with Crippen molar-refractivity contribution in [1.29, 1.82) is 0 Å². The van der Waals surface area contributed by atoms with Gasteiger partial charge in [-0.05, 0) is 32.0 Å². The van der Waals surface area contributed by atoms with E-state index < -0.39 is 5.97 Å². The largest absolute Gasteiger partial charge is 0.491 e. The topological polar surface area (TPSA) is 71.5 Å². The Kier molecular flexibility index (Phi) is 3.66. The van der Waals surface area contributed by atoms with Crippen LogP contribution in [0.2, 0.25) is 0 Å². The van der Waals surface area contributed by atoms with Gasteiger partial charge in [0.05, 0.1) is 16.3 Å². The van der Waals surface area contributed by atoms with E-state index in [1.807, 2.05) is 32.0 Å². The maximum absolute atomic E-state index is 10.5. The summed E-state index contributed by atoms with van der Waals surface area (Å²) in [6, 6.07) is 5.65. The minimum absolute atomic E-state index is 0.125. The van der Waals surface area contributed by atoms with Gasteiger partial charge in [-0.1, -0.05) is 11.3 Å². The van der Waals surface area contributed by atoms with Crippen LogP contribution in [0.4, 0.5) is 5.13 Å². The molecule has 0 saturated heterocycles. The first-order valence-corrected chi connectivity index (χ1v) is 6.39. The molecule has 2 rings (SSSR count). The van der Waals surface area contributed by atoms with Crippen molar-refractivity contribution < 1.29 is 14.6 Å². The lowest BCUT2D eigenvalue weighted by atomic mass is 10.3. The maximum Gasteiger partial charge on any atom is 0.322 e. The molecule has 0 aliphatic heterocycles. The van der Waals surface area contributed by atoms with Gasteiger partial charge in [0, 0.05) is 0 Å². The van der Waals surface area contributed by atoms with Gasteiger partial charge in [-0.15, -0.1) is 0 Å². The van der Waals surface area contributed by atoms with E-state index in [0.717, 1.165) is 16.0 Å². The quantitative estimate of drug-likeness (QED) is 0.870. The molecule has 0 radical (unpaired) electrons. The Morgan fingerprint density at radius 1 is 1.56 bits per heavy atom. The SMILES string of the molecule is CC(C)Oc1ccc2nc(NCC(=O)O)sc2c1. The molecule has 0 spiro atoms. The number of aliphatic carboxylic acids is 1. The summed E-state index contributed by atoms with van der Waals surface area (Å²) < 4.78 is 6.57. The van der Waals surface area contributed by atoms with E-state index in [1.165, 1.54) is 11.3 Å². The zero-order valence-corrected chi connectivity index (χ0v) is 11.0. The van der Waals surface area contributed by atoms with Gasteiger partial charge in [0.1, 0.15) is 12.3 Å². The first-order valence-electron chi connectivity index (χ1n) is 5.57. The third-order valence-corrected chi connectivity index (χ3v) is 3.10. The molecule has 1 heterocycles. The molecule has 1 aromatic heterocycles. The van der Waals surface area contributed by atoms with Gasteiger partial charge in [-0.2, -0.15) is 0 Å². The Morgan fingerprint density at radius 2 is 2.33 bits per heavy atom. The van der Waals surface area contributed by atoms with Crippen molar-refractivity contribution in [3.05, 3.63) is 18.2 Å². The van der Waals surface area contributed by atoms with Gasteiger partial charge in [0.2, 0.25) is 0 Å². The molecule has 1 aromatic carbocycles. The van der Waals surface area contributed by atoms with E-state index >= 15 is 0 Å². The molecule has 2 N–H and O–H groups in total. The minimum atomic E-state index is -0.905. The van der Waals surface area contributed by atoms with Gasteiger partial charge in [-0.3, -0.25) is 4.79 Å². The summed E-state index contributed by atoms with van der Waals surface area (Å²) in [5.41, 5.74) is 0.837. The molecule has 0 aliphatic rings. The van der Waals surface area contributed by atoms with Gasteiger partial charge < -0.3 is 15.2 Å². The zero-order valence-electron chi connectivity index (χ0n) is 10.1. The van der Waals surface area contributed by atoms with Crippen LogP contribution in [0.1, 0.15) is 13.8 Å². The number of carbonyl (C=O) groups is 1. The summed E-state index contributed by atoms with van der Waals surface area (Å²) in [6.45, 7) is 3.81. The van der Waals surface area contributed by atoms with Gasteiger partial charge in [0.25, 0.3) is 0 Å². The monoisotopic (exact) mass is 266 g/mol. The number of rotatable bonds is 5. The number of nitrogens with zero attached hydrogens (tertiary/aromatic N) is 1. The Labute approximate surface area is 108 Å². The van der Waals surface area contributed by atoms with Gasteiger partial charge in [-0.25, -0.2) is 4.98 Å². The number of carboxylic acid groups (broad SMARTS) is 1. The van der Waals surface area contributed by atoms with Crippen molar-refractivity contribution in [3.63, 3.8) is 0 Å². The highest BCUT2D eigenvalue weighted by Gasteiger charge is 2.07. The molecule has 0 bridgehead atoms. The molecular weight excluding hydrogens is 252 g/mol. The normalized spacial score (nSPS) is 10.8. The summed E-state index contributed by atoms with van der Waals surface area (Å²) in [4.78, 5) is 14.8.